The van der Waals surface area contributed by atoms with Crippen LogP contribution in [0.5, 0.6) is 11.6 Å². The number of alkyl halides is 5. The molecule has 37 heavy (non-hydrogen) atoms. The Morgan fingerprint density at radius 2 is 1.97 bits per heavy atom. The van der Waals surface area contributed by atoms with Crippen LogP contribution in [0.4, 0.5) is 32.0 Å². The van der Waals surface area contributed by atoms with E-state index in [0.717, 1.165) is 31.5 Å². The Morgan fingerprint density at radius 1 is 1.24 bits per heavy atom. The number of nitrogens with zero attached hydrogens (tertiary/aromatic N) is 2. The number of carbonyl (C=O) groups is 1. The minimum atomic E-state index is -4.94. The second kappa shape index (κ2) is 11.5. The predicted molar refractivity (Wildman–Crippen MR) is 121 cm³/mol. The van der Waals surface area contributed by atoms with Crippen molar-refractivity contribution in [2.24, 2.45) is 0 Å². The summed E-state index contributed by atoms with van der Waals surface area (Å²) in [7, 11) is 2.55. The van der Waals surface area contributed by atoms with Crippen LogP contribution in [-0.4, -0.2) is 61.7 Å². The first-order valence-electron chi connectivity index (χ1n) is 11.3. The highest BCUT2D eigenvalue weighted by Gasteiger charge is 2.38. The highest BCUT2D eigenvalue weighted by atomic mass is 19.4. The van der Waals surface area contributed by atoms with Gasteiger partial charge in [0.1, 0.15) is 5.56 Å². The zero-order valence-corrected chi connectivity index (χ0v) is 20.4. The molecule has 13 heteroatoms. The summed E-state index contributed by atoms with van der Waals surface area (Å²) in [6, 6.07) is 2.20. The standard InChI is InChI=1S/C24H27F6N3O4/c1-14(12-35-2)32-19-9-18(25)20(8-16(19)22(34)36-3)37-21-17(24(28,29)30)7-15(10-31-21)11-33-6-4-5-23(26,27)13-33/h7-10,14,32H,4-6,11-13H2,1-3H3/t14-/m0/s1. The van der Waals surface area contributed by atoms with Gasteiger partial charge in [-0.05, 0) is 31.5 Å². The van der Waals surface area contributed by atoms with E-state index in [9.17, 15) is 31.1 Å². The second-order valence-electron chi connectivity index (χ2n) is 8.79. The minimum Gasteiger partial charge on any atom is -0.465 e. The largest absolute Gasteiger partial charge is 0.465 e. The molecule has 0 bridgehead atoms. The number of rotatable bonds is 9. The number of hydrogen-bond acceptors (Lipinski definition) is 7. The molecule has 1 atom stereocenters. The van der Waals surface area contributed by atoms with E-state index in [1.807, 2.05) is 0 Å². The van der Waals surface area contributed by atoms with Crippen molar-refractivity contribution in [2.75, 3.05) is 39.2 Å². The molecule has 2 aromatic rings. The number of anilines is 1. The molecule has 0 radical (unpaired) electrons. The van der Waals surface area contributed by atoms with Gasteiger partial charge in [-0.1, -0.05) is 0 Å². The van der Waals surface area contributed by atoms with Crippen molar-refractivity contribution >= 4 is 11.7 Å². The molecule has 3 rings (SSSR count). The van der Waals surface area contributed by atoms with Crippen LogP contribution in [0.3, 0.4) is 0 Å². The fraction of sp³-hybridized carbons (Fsp3) is 0.500. The van der Waals surface area contributed by atoms with Crippen molar-refractivity contribution < 1.29 is 45.3 Å². The van der Waals surface area contributed by atoms with Crippen LogP contribution >= 0.6 is 0 Å². The van der Waals surface area contributed by atoms with Crippen LogP contribution in [0.15, 0.2) is 24.4 Å². The van der Waals surface area contributed by atoms with Gasteiger partial charge in [-0.15, -0.1) is 0 Å². The van der Waals surface area contributed by atoms with Gasteiger partial charge in [0.25, 0.3) is 5.92 Å². The minimum absolute atomic E-state index is 0.0268. The zero-order valence-electron chi connectivity index (χ0n) is 20.4. The van der Waals surface area contributed by atoms with E-state index in [-0.39, 0.29) is 48.8 Å². The number of aromatic nitrogens is 1. The van der Waals surface area contributed by atoms with Crippen molar-refractivity contribution in [1.29, 1.82) is 0 Å². The Balaban J connectivity index is 1.92. The molecule has 1 aliphatic heterocycles. The molecule has 1 aromatic heterocycles. The number of pyridine rings is 1. The van der Waals surface area contributed by atoms with Crippen molar-refractivity contribution in [2.45, 2.75) is 44.5 Å². The van der Waals surface area contributed by atoms with Gasteiger partial charge in [0, 0.05) is 44.4 Å². The quantitative estimate of drug-likeness (QED) is 0.336. The van der Waals surface area contributed by atoms with Gasteiger partial charge < -0.3 is 19.5 Å². The van der Waals surface area contributed by atoms with E-state index >= 15 is 0 Å². The number of ether oxygens (including phenoxy) is 3. The molecule has 0 unspecified atom stereocenters. The normalized spacial score (nSPS) is 16.8. The fourth-order valence-electron chi connectivity index (χ4n) is 4.00. The van der Waals surface area contributed by atoms with Crippen molar-refractivity contribution in [3.05, 3.63) is 46.9 Å². The molecule has 204 valence electrons. The average molecular weight is 535 g/mol. The van der Waals surface area contributed by atoms with Gasteiger partial charge in [-0.2, -0.15) is 13.2 Å². The second-order valence-corrected chi connectivity index (χ2v) is 8.79. The van der Waals surface area contributed by atoms with E-state index in [1.54, 1.807) is 6.92 Å². The van der Waals surface area contributed by atoms with Gasteiger partial charge in [0.15, 0.2) is 11.6 Å². The molecule has 1 N–H and O–H groups in total. The Morgan fingerprint density at radius 3 is 2.59 bits per heavy atom. The summed E-state index contributed by atoms with van der Waals surface area (Å²) in [5.74, 6) is -6.50. The first-order valence-corrected chi connectivity index (χ1v) is 11.3. The molecule has 2 heterocycles. The van der Waals surface area contributed by atoms with E-state index in [0.29, 0.717) is 6.54 Å². The number of benzene rings is 1. The van der Waals surface area contributed by atoms with Crippen LogP contribution < -0.4 is 10.1 Å². The SMILES string of the molecule is COC[C@H](C)Nc1cc(F)c(Oc2ncc(CN3CCCC(F)(F)C3)cc2C(F)(F)F)cc1C(=O)OC. The Bertz CT molecular complexity index is 1110. The van der Waals surface area contributed by atoms with Crippen LogP contribution in [0.2, 0.25) is 0 Å². The number of nitrogens with one attached hydrogen (secondary N) is 1. The molecule has 0 saturated carbocycles. The third-order valence-corrected chi connectivity index (χ3v) is 5.59. The third kappa shape index (κ3) is 7.48. The lowest BCUT2D eigenvalue weighted by molar-refractivity contribution is -0.139. The zero-order chi connectivity index (χ0) is 27.4. The number of hydrogen-bond donors (Lipinski definition) is 1. The first kappa shape index (κ1) is 28.5. The molecule has 0 amide bonds. The fourth-order valence-corrected chi connectivity index (χ4v) is 4.00. The summed E-state index contributed by atoms with van der Waals surface area (Å²) in [5, 5.41) is 2.87. The number of piperidine rings is 1. The highest BCUT2D eigenvalue weighted by Crippen LogP contribution is 2.39. The van der Waals surface area contributed by atoms with E-state index in [2.05, 4.69) is 10.3 Å². The summed E-state index contributed by atoms with van der Waals surface area (Å²) >= 11 is 0. The molecule has 0 aliphatic carbocycles. The van der Waals surface area contributed by atoms with E-state index < -0.39 is 47.6 Å². The highest BCUT2D eigenvalue weighted by molar-refractivity contribution is 5.96. The van der Waals surface area contributed by atoms with Gasteiger partial charge in [-0.3, -0.25) is 4.90 Å². The molecule has 1 aromatic carbocycles. The summed E-state index contributed by atoms with van der Waals surface area (Å²) in [4.78, 5) is 17.3. The first-order chi connectivity index (χ1) is 17.3. The number of methoxy groups -OCH3 is 2. The predicted octanol–water partition coefficient (Wildman–Crippen LogP) is 5.50. The molecule has 1 saturated heterocycles. The third-order valence-electron chi connectivity index (χ3n) is 5.59. The van der Waals surface area contributed by atoms with Crippen molar-refractivity contribution in [1.82, 2.24) is 9.88 Å². The average Bonchev–Trinajstić information content (AvgIpc) is 2.80. The Labute approximate surface area is 209 Å². The maximum atomic E-state index is 14.9. The maximum Gasteiger partial charge on any atom is 0.421 e. The number of carbonyl (C=O) groups excluding carboxylic acids is 1. The molecule has 0 spiro atoms. The van der Waals surface area contributed by atoms with Gasteiger partial charge >= 0.3 is 12.1 Å². The smallest absolute Gasteiger partial charge is 0.421 e. The summed E-state index contributed by atoms with van der Waals surface area (Å²) in [6.07, 6.45) is -3.95. The molecular weight excluding hydrogens is 508 g/mol. The summed E-state index contributed by atoms with van der Waals surface area (Å²) in [6.45, 7) is 1.49. The van der Waals surface area contributed by atoms with Crippen molar-refractivity contribution in [3.8, 4) is 11.6 Å². The molecule has 1 aliphatic rings. The van der Waals surface area contributed by atoms with E-state index in [1.165, 1.54) is 12.0 Å². The number of likely N-dealkylation sites (tertiary alicyclic amines) is 1. The summed E-state index contributed by atoms with van der Waals surface area (Å²) < 4.78 is 98.6. The van der Waals surface area contributed by atoms with Crippen molar-refractivity contribution in [3.63, 3.8) is 0 Å². The Hall–Kier alpha value is -3.06. The number of halogens is 6. The topological polar surface area (TPSA) is 72.9 Å². The van der Waals surface area contributed by atoms with Gasteiger partial charge in [0.05, 0.1) is 31.5 Å². The van der Waals surface area contributed by atoms with Gasteiger partial charge in [0.2, 0.25) is 5.88 Å². The van der Waals surface area contributed by atoms with Crippen LogP contribution in [0, 0.1) is 5.82 Å². The van der Waals surface area contributed by atoms with Crippen LogP contribution in [0.25, 0.3) is 0 Å². The molecular formula is C24H27F6N3O4. The van der Waals surface area contributed by atoms with Gasteiger partial charge in [-0.25, -0.2) is 22.9 Å². The lowest BCUT2D eigenvalue weighted by Crippen LogP contribution is -2.42. The lowest BCUT2D eigenvalue weighted by atomic mass is 10.1. The van der Waals surface area contributed by atoms with Crippen LogP contribution in [0.1, 0.15) is 41.3 Å². The molecule has 1 fully saturated rings. The summed E-state index contributed by atoms with van der Waals surface area (Å²) in [5.41, 5.74) is -1.43. The molecule has 7 nitrogen and oxygen atoms in total. The van der Waals surface area contributed by atoms with Crippen LogP contribution in [-0.2, 0) is 22.2 Å². The Kier molecular flexibility index (Phi) is 8.90. The van der Waals surface area contributed by atoms with E-state index in [4.69, 9.17) is 14.2 Å². The lowest BCUT2D eigenvalue weighted by Gasteiger charge is -2.32. The maximum absolute atomic E-state index is 14.9. The monoisotopic (exact) mass is 535 g/mol. The number of esters is 1.